The van der Waals surface area contributed by atoms with Gasteiger partial charge in [0.2, 0.25) is 0 Å². The minimum absolute atomic E-state index is 0.326. The number of carbonyl (C=O) groups excluding carboxylic acids is 1. The highest BCUT2D eigenvalue weighted by Gasteiger charge is 2.62. The highest BCUT2D eigenvalue weighted by molar-refractivity contribution is 6.47. The molecule has 1 saturated carbocycles. The summed E-state index contributed by atoms with van der Waals surface area (Å²) in [5.74, 6) is -0.662. The van der Waals surface area contributed by atoms with Crippen molar-refractivity contribution in [2.75, 3.05) is 6.61 Å². The molecule has 2 unspecified atom stereocenters. The summed E-state index contributed by atoms with van der Waals surface area (Å²) in [5.41, 5.74) is 0. The molecule has 0 bridgehead atoms. The lowest BCUT2D eigenvalue weighted by Gasteiger charge is -2.07. The van der Waals surface area contributed by atoms with Crippen LogP contribution in [0.1, 0.15) is 20.3 Å². The monoisotopic (exact) mass is 172 g/mol. The molecule has 2 atom stereocenters. The Kier molecular flexibility index (Phi) is 2.44. The van der Waals surface area contributed by atoms with E-state index < -0.39 is 12.4 Å². The summed E-state index contributed by atoms with van der Waals surface area (Å²) in [6, 6.07) is 0. The molecule has 0 amide bonds. The number of rotatable bonds is 3. The van der Waals surface area contributed by atoms with Gasteiger partial charge in [0.15, 0.2) is 0 Å². The van der Waals surface area contributed by atoms with E-state index in [1.807, 2.05) is 0 Å². The first-order chi connectivity index (χ1) is 5.52. The number of hydrogen-bond donors (Lipinski definition) is 2. The van der Waals surface area contributed by atoms with Gasteiger partial charge >= 0.3 is 13.1 Å². The van der Waals surface area contributed by atoms with E-state index >= 15 is 0 Å². The smallest absolute Gasteiger partial charge is 0.458 e. The Bertz CT molecular complexity index is 194. The lowest BCUT2D eigenvalue weighted by atomic mass is 9.69. The molecule has 0 heterocycles. The zero-order chi connectivity index (χ0) is 9.35. The fourth-order valence-electron chi connectivity index (χ4n) is 1.26. The second kappa shape index (κ2) is 3.07. The van der Waals surface area contributed by atoms with Gasteiger partial charge in [0.25, 0.3) is 0 Å². The second-order valence-corrected chi connectivity index (χ2v) is 3.39. The molecule has 0 spiro atoms. The molecule has 0 aromatic rings. The summed E-state index contributed by atoms with van der Waals surface area (Å²) in [7, 11) is -1.42. The van der Waals surface area contributed by atoms with E-state index in [0.29, 0.717) is 13.0 Å². The van der Waals surface area contributed by atoms with Crippen molar-refractivity contribution in [3.63, 3.8) is 0 Å². The van der Waals surface area contributed by atoms with Crippen molar-refractivity contribution in [2.45, 2.75) is 25.6 Å². The highest BCUT2D eigenvalue weighted by atomic mass is 16.5. The summed E-state index contributed by atoms with van der Waals surface area (Å²) in [6.07, 6.45) is 0.503. The summed E-state index contributed by atoms with van der Waals surface area (Å²) < 4.78 is 4.75. The average Bonchev–Trinajstić information content (AvgIpc) is 2.65. The van der Waals surface area contributed by atoms with Crippen molar-refractivity contribution in [1.82, 2.24) is 0 Å². The van der Waals surface area contributed by atoms with Crippen LogP contribution in [0.4, 0.5) is 0 Å². The molecule has 0 saturated heterocycles. The van der Waals surface area contributed by atoms with Crippen molar-refractivity contribution in [1.29, 1.82) is 0 Å². The van der Waals surface area contributed by atoms with Crippen molar-refractivity contribution in [3.8, 4) is 0 Å². The topological polar surface area (TPSA) is 66.8 Å². The average molecular weight is 172 g/mol. The third kappa shape index (κ3) is 1.47. The van der Waals surface area contributed by atoms with Crippen LogP contribution in [0.25, 0.3) is 0 Å². The Labute approximate surface area is 71.7 Å². The van der Waals surface area contributed by atoms with Gasteiger partial charge in [-0.05, 0) is 13.3 Å². The third-order valence-electron chi connectivity index (χ3n) is 2.44. The van der Waals surface area contributed by atoms with Gasteiger partial charge in [-0.25, -0.2) is 0 Å². The van der Waals surface area contributed by atoms with E-state index in [9.17, 15) is 4.79 Å². The SMILES string of the molecule is CCOC(=O)C1CC1(C)B(O)O. The van der Waals surface area contributed by atoms with Gasteiger partial charge in [0.05, 0.1) is 12.5 Å². The number of hydrogen-bond acceptors (Lipinski definition) is 4. The van der Waals surface area contributed by atoms with Crippen molar-refractivity contribution in [2.24, 2.45) is 5.92 Å². The van der Waals surface area contributed by atoms with E-state index in [4.69, 9.17) is 14.8 Å². The van der Waals surface area contributed by atoms with Crippen LogP contribution in [-0.2, 0) is 9.53 Å². The van der Waals surface area contributed by atoms with Crippen LogP contribution in [0, 0.1) is 5.92 Å². The second-order valence-electron chi connectivity index (χ2n) is 3.39. The molecule has 1 rings (SSSR count). The van der Waals surface area contributed by atoms with Gasteiger partial charge < -0.3 is 14.8 Å². The molecule has 4 nitrogen and oxygen atoms in total. The number of carbonyl (C=O) groups is 1. The number of ether oxygens (including phenoxy) is 1. The lowest BCUT2D eigenvalue weighted by Crippen LogP contribution is -2.23. The van der Waals surface area contributed by atoms with Crippen LogP contribution < -0.4 is 0 Å². The zero-order valence-corrected chi connectivity index (χ0v) is 7.28. The quantitative estimate of drug-likeness (QED) is 0.457. The van der Waals surface area contributed by atoms with Gasteiger partial charge in [-0.3, -0.25) is 4.79 Å². The predicted molar refractivity (Wildman–Crippen MR) is 43.3 cm³/mol. The maximum Gasteiger partial charge on any atom is 0.458 e. The van der Waals surface area contributed by atoms with E-state index in [0.717, 1.165) is 0 Å². The Morgan fingerprint density at radius 2 is 2.33 bits per heavy atom. The fraction of sp³-hybridized carbons (Fsp3) is 0.857. The van der Waals surface area contributed by atoms with Gasteiger partial charge in [-0.2, -0.15) is 0 Å². The lowest BCUT2D eigenvalue weighted by molar-refractivity contribution is -0.144. The van der Waals surface area contributed by atoms with E-state index in [2.05, 4.69) is 0 Å². The predicted octanol–water partition coefficient (Wildman–Crippen LogP) is -0.197. The molecule has 0 aromatic heterocycles. The van der Waals surface area contributed by atoms with Gasteiger partial charge in [0, 0.05) is 5.31 Å². The first-order valence-corrected chi connectivity index (χ1v) is 4.05. The van der Waals surface area contributed by atoms with Crippen LogP contribution in [0.3, 0.4) is 0 Å². The van der Waals surface area contributed by atoms with Crippen LogP contribution in [-0.4, -0.2) is 29.7 Å². The molecule has 1 aliphatic rings. The summed E-state index contributed by atoms with van der Waals surface area (Å²) in [4.78, 5) is 11.1. The maximum atomic E-state index is 11.1. The van der Waals surface area contributed by atoms with Gasteiger partial charge in [-0.15, -0.1) is 0 Å². The first kappa shape index (κ1) is 9.54. The number of esters is 1. The molecule has 5 heteroatoms. The largest absolute Gasteiger partial charge is 0.466 e. The maximum absolute atomic E-state index is 11.1. The highest BCUT2D eigenvalue weighted by Crippen LogP contribution is 2.60. The van der Waals surface area contributed by atoms with E-state index in [1.54, 1.807) is 13.8 Å². The molecule has 12 heavy (non-hydrogen) atoms. The van der Waals surface area contributed by atoms with E-state index in [-0.39, 0.29) is 11.9 Å². The third-order valence-corrected chi connectivity index (χ3v) is 2.44. The normalized spacial score (nSPS) is 32.8. The summed E-state index contributed by atoms with van der Waals surface area (Å²) in [5, 5.41) is 17.1. The minimum Gasteiger partial charge on any atom is -0.466 e. The van der Waals surface area contributed by atoms with Crippen LogP contribution in [0.5, 0.6) is 0 Å². The molecule has 0 radical (unpaired) electrons. The van der Waals surface area contributed by atoms with Gasteiger partial charge in [0.1, 0.15) is 0 Å². The summed E-state index contributed by atoms with van der Waals surface area (Å²) in [6.45, 7) is 3.74. The zero-order valence-electron chi connectivity index (χ0n) is 7.28. The van der Waals surface area contributed by atoms with Crippen molar-refractivity contribution < 1.29 is 19.6 Å². The van der Waals surface area contributed by atoms with Crippen molar-refractivity contribution in [3.05, 3.63) is 0 Å². The Hall–Kier alpha value is -0.545. The van der Waals surface area contributed by atoms with Crippen LogP contribution in [0.2, 0.25) is 5.31 Å². The molecule has 1 aliphatic carbocycles. The van der Waals surface area contributed by atoms with Crippen LogP contribution >= 0.6 is 0 Å². The Balaban J connectivity index is 2.45. The Morgan fingerprint density at radius 3 is 2.67 bits per heavy atom. The van der Waals surface area contributed by atoms with Crippen LogP contribution in [0.15, 0.2) is 0 Å². The molecule has 2 N–H and O–H groups in total. The molecule has 68 valence electrons. The first-order valence-electron chi connectivity index (χ1n) is 4.05. The van der Waals surface area contributed by atoms with E-state index in [1.165, 1.54) is 0 Å². The fourth-order valence-corrected chi connectivity index (χ4v) is 1.26. The minimum atomic E-state index is -1.42. The molecular formula is C7H13BO4. The molecule has 0 aromatic carbocycles. The molecule has 1 fully saturated rings. The van der Waals surface area contributed by atoms with Gasteiger partial charge in [-0.1, -0.05) is 6.92 Å². The van der Waals surface area contributed by atoms with Crippen molar-refractivity contribution >= 4 is 13.1 Å². The Morgan fingerprint density at radius 1 is 1.75 bits per heavy atom. The standard InChI is InChI=1S/C7H13BO4/c1-3-12-6(9)5-4-7(5,2)8(10)11/h5,10-11H,3-4H2,1-2H3. The molecular weight excluding hydrogens is 159 g/mol. The molecule has 0 aliphatic heterocycles. The summed E-state index contributed by atoms with van der Waals surface area (Å²) >= 11 is 0.